The van der Waals surface area contributed by atoms with E-state index < -0.39 is 0 Å². The number of H-pyrrole nitrogens is 2. The monoisotopic (exact) mass is 276 g/mol. The lowest BCUT2D eigenvalue weighted by atomic mass is 10.2. The van der Waals surface area contributed by atoms with Gasteiger partial charge < -0.3 is 5.10 Å². The van der Waals surface area contributed by atoms with Crippen molar-refractivity contribution >= 4 is 35.0 Å². The van der Waals surface area contributed by atoms with Gasteiger partial charge in [-0.25, -0.2) is 0 Å². The Labute approximate surface area is 107 Å². The summed E-state index contributed by atoms with van der Waals surface area (Å²) in [5.74, 6) is 0.711. The van der Waals surface area contributed by atoms with Gasteiger partial charge in [-0.15, -0.1) is 23.4 Å². The summed E-state index contributed by atoms with van der Waals surface area (Å²) in [5.41, 5.74) is 0.757. The minimum atomic E-state index is -0.111. The summed E-state index contributed by atoms with van der Waals surface area (Å²) in [5, 5.41) is 6.05. The molecular weight excluding hydrogens is 267 g/mol. The van der Waals surface area contributed by atoms with E-state index >= 15 is 0 Å². The number of hydrogen-bond acceptors (Lipinski definition) is 2. The van der Waals surface area contributed by atoms with Crippen molar-refractivity contribution in [1.82, 2.24) is 10.2 Å². The highest BCUT2D eigenvalue weighted by Crippen LogP contribution is 2.29. The molecule has 0 saturated heterocycles. The molecule has 0 spiro atoms. The number of allylic oxidation sites excluding steroid dienone is 3. The zero-order chi connectivity index (χ0) is 11.5. The molecule has 2 atom stereocenters. The molecule has 0 radical (unpaired) electrons. The third kappa shape index (κ3) is 2.97. The van der Waals surface area contributed by atoms with Gasteiger partial charge in [0, 0.05) is 27.8 Å². The van der Waals surface area contributed by atoms with Gasteiger partial charge in [0.05, 0.1) is 5.38 Å². The summed E-state index contributed by atoms with van der Waals surface area (Å²) in [4.78, 5) is 10.9. The van der Waals surface area contributed by atoms with Gasteiger partial charge in [0.15, 0.2) is 0 Å². The number of aromatic nitrogens is 2. The maximum atomic E-state index is 10.9. The van der Waals surface area contributed by atoms with Gasteiger partial charge in [-0.1, -0.05) is 17.7 Å². The van der Waals surface area contributed by atoms with E-state index in [1.807, 2.05) is 18.2 Å². The van der Waals surface area contributed by atoms with Gasteiger partial charge >= 0.3 is 0 Å². The molecule has 16 heavy (non-hydrogen) atoms. The molecular formula is C10H10Cl2N2OS. The van der Waals surface area contributed by atoms with E-state index in [0.717, 1.165) is 5.69 Å². The van der Waals surface area contributed by atoms with Gasteiger partial charge in [0.1, 0.15) is 0 Å². The van der Waals surface area contributed by atoms with E-state index in [4.69, 9.17) is 23.2 Å². The summed E-state index contributed by atoms with van der Waals surface area (Å²) < 4.78 is 0. The Hall–Kier alpha value is -0.580. The highest BCUT2D eigenvalue weighted by Gasteiger charge is 2.18. The van der Waals surface area contributed by atoms with Gasteiger partial charge in [0.25, 0.3) is 5.56 Å². The van der Waals surface area contributed by atoms with Crippen molar-refractivity contribution in [2.45, 2.75) is 16.4 Å². The number of thioether (sulfide) groups is 1. The molecule has 86 valence electrons. The van der Waals surface area contributed by atoms with Crippen LogP contribution in [0.5, 0.6) is 0 Å². The van der Waals surface area contributed by atoms with E-state index in [9.17, 15) is 4.79 Å². The first-order valence-electron chi connectivity index (χ1n) is 4.73. The van der Waals surface area contributed by atoms with Crippen molar-refractivity contribution < 1.29 is 0 Å². The number of nitrogens with one attached hydrogen (secondary N) is 2. The highest BCUT2D eigenvalue weighted by molar-refractivity contribution is 7.99. The summed E-state index contributed by atoms with van der Waals surface area (Å²) in [7, 11) is 0. The zero-order valence-electron chi connectivity index (χ0n) is 8.24. The molecule has 0 saturated carbocycles. The number of hydrogen-bond donors (Lipinski definition) is 2. The van der Waals surface area contributed by atoms with Crippen LogP contribution in [0.2, 0.25) is 0 Å². The Bertz CT molecular complexity index is 477. The number of rotatable bonds is 3. The Balaban J connectivity index is 1.92. The van der Waals surface area contributed by atoms with Crippen molar-refractivity contribution in [2.75, 3.05) is 0 Å². The van der Waals surface area contributed by atoms with Crippen LogP contribution in [0.15, 0.2) is 34.1 Å². The van der Waals surface area contributed by atoms with E-state index in [-0.39, 0.29) is 16.2 Å². The van der Waals surface area contributed by atoms with Crippen LogP contribution in [-0.4, -0.2) is 20.8 Å². The number of halogens is 2. The predicted octanol–water partition coefficient (Wildman–Crippen LogP) is 2.60. The molecule has 0 aliphatic heterocycles. The lowest BCUT2D eigenvalue weighted by molar-refractivity contribution is 1.01. The summed E-state index contributed by atoms with van der Waals surface area (Å²) in [6.07, 6.45) is 5.65. The second-order valence-corrected chi connectivity index (χ2v) is 5.52. The van der Waals surface area contributed by atoms with Crippen LogP contribution in [-0.2, 0) is 5.75 Å². The first kappa shape index (κ1) is 11.9. The zero-order valence-corrected chi connectivity index (χ0v) is 10.6. The van der Waals surface area contributed by atoms with Crippen molar-refractivity contribution in [3.8, 4) is 0 Å². The van der Waals surface area contributed by atoms with Gasteiger partial charge in [-0.3, -0.25) is 9.89 Å². The summed E-state index contributed by atoms with van der Waals surface area (Å²) >= 11 is 13.6. The Morgan fingerprint density at radius 1 is 1.44 bits per heavy atom. The quantitative estimate of drug-likeness (QED) is 0.834. The largest absolute Gasteiger partial charge is 0.301 e. The molecule has 6 heteroatoms. The molecule has 1 aromatic rings. The van der Waals surface area contributed by atoms with Gasteiger partial charge in [0.2, 0.25) is 0 Å². The highest BCUT2D eigenvalue weighted by atomic mass is 35.5. The van der Waals surface area contributed by atoms with Crippen LogP contribution in [0, 0.1) is 0 Å². The van der Waals surface area contributed by atoms with Crippen molar-refractivity contribution in [2.24, 2.45) is 0 Å². The fourth-order valence-electron chi connectivity index (χ4n) is 1.38. The van der Waals surface area contributed by atoms with Crippen LogP contribution in [0.4, 0.5) is 0 Å². The maximum absolute atomic E-state index is 10.9. The second-order valence-electron chi connectivity index (χ2n) is 3.41. The topological polar surface area (TPSA) is 48.6 Å². The van der Waals surface area contributed by atoms with Gasteiger partial charge in [-0.2, -0.15) is 0 Å². The van der Waals surface area contributed by atoms with Crippen LogP contribution >= 0.6 is 35.0 Å². The van der Waals surface area contributed by atoms with Crippen molar-refractivity contribution in [1.29, 1.82) is 0 Å². The average molecular weight is 277 g/mol. The van der Waals surface area contributed by atoms with Crippen LogP contribution in [0.1, 0.15) is 5.69 Å². The minimum Gasteiger partial charge on any atom is -0.301 e. The first-order chi connectivity index (χ1) is 7.65. The molecule has 1 aliphatic rings. The molecule has 0 fully saturated rings. The lowest BCUT2D eigenvalue weighted by Gasteiger charge is -2.18. The predicted molar refractivity (Wildman–Crippen MR) is 69.2 cm³/mol. The first-order valence-corrected chi connectivity index (χ1v) is 6.59. The van der Waals surface area contributed by atoms with Crippen molar-refractivity contribution in [3.63, 3.8) is 0 Å². The van der Waals surface area contributed by atoms with E-state index in [0.29, 0.717) is 10.8 Å². The Morgan fingerprint density at radius 2 is 2.25 bits per heavy atom. The Kier molecular flexibility index (Phi) is 3.84. The van der Waals surface area contributed by atoms with Crippen LogP contribution in [0.25, 0.3) is 0 Å². The second kappa shape index (κ2) is 5.17. The number of aromatic amines is 2. The van der Waals surface area contributed by atoms with Gasteiger partial charge in [-0.05, 0) is 12.2 Å². The summed E-state index contributed by atoms with van der Waals surface area (Å²) in [6.45, 7) is 0. The minimum absolute atomic E-state index is 0.104. The normalized spacial score (nSPS) is 24.5. The molecule has 2 rings (SSSR count). The molecule has 0 bridgehead atoms. The SMILES string of the molecule is O=c1cc(CSC2C=CC(Cl)=CC2Cl)[nH][nH]1. The third-order valence-corrected chi connectivity index (χ3v) is 4.27. The van der Waals surface area contributed by atoms with E-state index in [1.165, 1.54) is 0 Å². The average Bonchev–Trinajstić information content (AvgIpc) is 2.63. The molecule has 3 nitrogen and oxygen atoms in total. The standard InChI is InChI=1S/C10H10Cl2N2OS/c11-6-1-2-9(8(12)3-6)16-5-7-4-10(15)14-13-7/h1-4,8-9H,5H2,(H2,13,14,15). The molecule has 2 N–H and O–H groups in total. The Morgan fingerprint density at radius 3 is 2.88 bits per heavy atom. The molecule has 1 heterocycles. The molecule has 0 amide bonds. The van der Waals surface area contributed by atoms with Crippen LogP contribution in [0.3, 0.4) is 0 Å². The molecule has 2 unspecified atom stereocenters. The molecule has 1 aliphatic carbocycles. The fraction of sp³-hybridized carbons (Fsp3) is 0.300. The van der Waals surface area contributed by atoms with Crippen LogP contribution < -0.4 is 5.56 Å². The summed E-state index contributed by atoms with van der Waals surface area (Å²) in [6, 6.07) is 1.55. The lowest BCUT2D eigenvalue weighted by Crippen LogP contribution is -2.15. The van der Waals surface area contributed by atoms with Crippen molar-refractivity contribution in [3.05, 3.63) is 45.4 Å². The van der Waals surface area contributed by atoms with E-state index in [2.05, 4.69) is 10.2 Å². The third-order valence-electron chi connectivity index (χ3n) is 2.16. The smallest absolute Gasteiger partial charge is 0.264 e. The molecule has 1 aromatic heterocycles. The maximum Gasteiger partial charge on any atom is 0.264 e. The van der Waals surface area contributed by atoms with E-state index in [1.54, 1.807) is 17.8 Å². The molecule has 0 aromatic carbocycles. The number of alkyl halides is 1. The fourth-order valence-corrected chi connectivity index (χ4v) is 3.07.